The van der Waals surface area contributed by atoms with Gasteiger partial charge in [0.2, 0.25) is 5.91 Å². The molecule has 0 radical (unpaired) electrons. The standard InChI is InChI=1S/C23H24F6N6O3/c1-12(32-17-8-31-33-21(37)19(17)23(27,28)29)11-38-4-3-18(36)34-9-13(2)35-16(10-34)6-14-5-15(22(24,25)26)7-30-20(14)35/h5-8,12-13H,3-4,9-11H2,1-2H3,(H2,32,33,37)/t12-,13+/m0/s1. The first kappa shape index (κ1) is 27.4. The SMILES string of the molecule is C[C@@H]1CN(C(=O)CCOC[C@H](C)Nc2cn[nH]c(=O)c2C(F)(F)F)Cc2cc3cc(C(F)(F)F)cnc3n21. The maximum Gasteiger partial charge on any atom is 0.423 e. The average molecular weight is 546 g/mol. The molecule has 0 fully saturated rings. The minimum atomic E-state index is -4.88. The summed E-state index contributed by atoms with van der Waals surface area (Å²) >= 11 is 0. The molecule has 15 heteroatoms. The first-order valence-electron chi connectivity index (χ1n) is 11.6. The number of hydrogen-bond donors (Lipinski definition) is 2. The number of carbonyl (C=O) groups excluding carboxylic acids is 1. The Morgan fingerprint density at radius 1 is 1.21 bits per heavy atom. The molecule has 0 aromatic carbocycles. The largest absolute Gasteiger partial charge is 0.423 e. The van der Waals surface area contributed by atoms with E-state index in [0.717, 1.165) is 18.5 Å². The number of hydrogen-bond acceptors (Lipinski definition) is 6. The zero-order valence-electron chi connectivity index (χ0n) is 20.3. The Bertz CT molecular complexity index is 1380. The smallest absolute Gasteiger partial charge is 0.379 e. The van der Waals surface area contributed by atoms with Crippen LogP contribution in [0.25, 0.3) is 11.0 Å². The van der Waals surface area contributed by atoms with Gasteiger partial charge in [-0.25, -0.2) is 10.1 Å². The van der Waals surface area contributed by atoms with Crippen molar-refractivity contribution >= 4 is 22.6 Å². The van der Waals surface area contributed by atoms with Gasteiger partial charge in [-0.05, 0) is 26.0 Å². The van der Waals surface area contributed by atoms with Crippen molar-refractivity contribution in [3.05, 3.63) is 51.7 Å². The first-order chi connectivity index (χ1) is 17.8. The van der Waals surface area contributed by atoms with Gasteiger partial charge >= 0.3 is 12.4 Å². The van der Waals surface area contributed by atoms with Crippen LogP contribution in [0.1, 0.15) is 43.1 Å². The fourth-order valence-electron chi connectivity index (χ4n) is 4.46. The molecule has 2 atom stereocenters. The topological polar surface area (TPSA) is 105 Å². The molecule has 1 amide bonds. The summed E-state index contributed by atoms with van der Waals surface area (Å²) in [5.74, 6) is -0.240. The van der Waals surface area contributed by atoms with Gasteiger partial charge in [0.1, 0.15) is 11.2 Å². The van der Waals surface area contributed by atoms with Gasteiger partial charge in [-0.3, -0.25) is 9.59 Å². The molecular formula is C23H24F6N6O3. The van der Waals surface area contributed by atoms with E-state index < -0.39 is 40.8 Å². The van der Waals surface area contributed by atoms with Crippen LogP contribution in [0.3, 0.4) is 0 Å². The van der Waals surface area contributed by atoms with Crippen LogP contribution in [0.5, 0.6) is 0 Å². The van der Waals surface area contributed by atoms with Gasteiger partial charge in [-0.2, -0.15) is 31.4 Å². The molecule has 38 heavy (non-hydrogen) atoms. The Labute approximate surface area is 211 Å². The molecule has 206 valence electrons. The van der Waals surface area contributed by atoms with Gasteiger partial charge < -0.3 is 19.5 Å². The van der Waals surface area contributed by atoms with Gasteiger partial charge in [0.15, 0.2) is 0 Å². The summed E-state index contributed by atoms with van der Waals surface area (Å²) in [6.07, 6.45) is -7.74. The van der Waals surface area contributed by atoms with Crippen molar-refractivity contribution in [3.8, 4) is 0 Å². The molecule has 4 rings (SSSR count). The summed E-state index contributed by atoms with van der Waals surface area (Å²) < 4.78 is 85.9. The molecule has 3 aromatic rings. The van der Waals surface area contributed by atoms with Gasteiger partial charge in [-0.1, -0.05) is 0 Å². The van der Waals surface area contributed by atoms with Gasteiger partial charge in [-0.15, -0.1) is 0 Å². The molecule has 2 N–H and O–H groups in total. The number of nitrogens with one attached hydrogen (secondary N) is 2. The molecule has 0 aliphatic carbocycles. The third-order valence-electron chi connectivity index (χ3n) is 6.08. The predicted octanol–water partition coefficient (Wildman–Crippen LogP) is 3.97. The molecule has 0 spiro atoms. The molecule has 4 heterocycles. The van der Waals surface area contributed by atoms with Crippen molar-refractivity contribution in [2.24, 2.45) is 0 Å². The summed E-state index contributed by atoms with van der Waals surface area (Å²) in [5.41, 5.74) is -3.02. The molecule has 9 nitrogen and oxygen atoms in total. The van der Waals surface area contributed by atoms with E-state index in [1.165, 1.54) is 0 Å². The first-order valence-corrected chi connectivity index (χ1v) is 11.6. The number of anilines is 1. The second-order valence-electron chi connectivity index (χ2n) is 9.12. The molecule has 1 aliphatic rings. The number of amides is 1. The lowest BCUT2D eigenvalue weighted by atomic mass is 10.2. The van der Waals surface area contributed by atoms with E-state index in [0.29, 0.717) is 23.3 Å². The van der Waals surface area contributed by atoms with Crippen LogP contribution in [0.4, 0.5) is 32.0 Å². The minimum Gasteiger partial charge on any atom is -0.379 e. The van der Waals surface area contributed by atoms with Crippen LogP contribution in [0.2, 0.25) is 0 Å². The highest BCUT2D eigenvalue weighted by molar-refractivity contribution is 5.80. The lowest BCUT2D eigenvalue weighted by molar-refractivity contribution is -0.138. The highest BCUT2D eigenvalue weighted by Crippen LogP contribution is 2.34. The monoisotopic (exact) mass is 546 g/mol. The number of fused-ring (bicyclic) bond motifs is 3. The van der Waals surface area contributed by atoms with Crippen molar-refractivity contribution < 1.29 is 35.9 Å². The summed E-state index contributed by atoms with van der Waals surface area (Å²) in [4.78, 5) is 29.9. The number of aromatic nitrogens is 4. The molecular weight excluding hydrogens is 522 g/mol. The number of nitrogens with zero attached hydrogens (tertiary/aromatic N) is 4. The lowest BCUT2D eigenvalue weighted by Crippen LogP contribution is -2.40. The van der Waals surface area contributed by atoms with E-state index in [1.54, 1.807) is 23.0 Å². The van der Waals surface area contributed by atoms with Crippen LogP contribution in [-0.2, 0) is 28.4 Å². The van der Waals surface area contributed by atoms with E-state index in [9.17, 15) is 35.9 Å². The number of carbonyl (C=O) groups is 1. The number of rotatable bonds is 7. The van der Waals surface area contributed by atoms with Crippen molar-refractivity contribution in [2.45, 2.75) is 51.2 Å². The molecule has 3 aromatic heterocycles. The summed E-state index contributed by atoms with van der Waals surface area (Å²) in [6, 6.07) is 1.78. The molecule has 0 saturated heterocycles. The number of aromatic amines is 1. The van der Waals surface area contributed by atoms with Crippen molar-refractivity contribution in [3.63, 3.8) is 0 Å². The second-order valence-corrected chi connectivity index (χ2v) is 9.12. The van der Waals surface area contributed by atoms with Crippen LogP contribution >= 0.6 is 0 Å². The quantitative estimate of drug-likeness (QED) is 0.343. The third-order valence-corrected chi connectivity index (χ3v) is 6.08. The van der Waals surface area contributed by atoms with Crippen LogP contribution in [0.15, 0.2) is 29.3 Å². The number of ether oxygens (including phenoxy) is 1. The number of alkyl halides is 6. The van der Waals surface area contributed by atoms with E-state index in [4.69, 9.17) is 4.74 Å². The van der Waals surface area contributed by atoms with Crippen LogP contribution in [-0.4, -0.2) is 56.4 Å². The second kappa shape index (κ2) is 10.3. The number of pyridine rings is 1. The highest BCUT2D eigenvalue weighted by atomic mass is 19.4. The molecule has 0 bridgehead atoms. The molecule has 1 aliphatic heterocycles. The summed E-state index contributed by atoms with van der Waals surface area (Å²) in [5, 5.41) is 8.03. The molecule has 0 saturated carbocycles. The highest BCUT2D eigenvalue weighted by Gasteiger charge is 2.37. The Balaban J connectivity index is 1.32. The Kier molecular flexibility index (Phi) is 7.41. The fraction of sp³-hybridized carbons (Fsp3) is 0.478. The van der Waals surface area contributed by atoms with Crippen LogP contribution < -0.4 is 10.9 Å². The zero-order valence-corrected chi connectivity index (χ0v) is 20.3. The van der Waals surface area contributed by atoms with E-state index >= 15 is 0 Å². The van der Waals surface area contributed by atoms with Crippen LogP contribution in [0, 0.1) is 0 Å². The van der Waals surface area contributed by atoms with Gasteiger partial charge in [0.25, 0.3) is 5.56 Å². The predicted molar refractivity (Wildman–Crippen MR) is 123 cm³/mol. The van der Waals surface area contributed by atoms with Crippen molar-refractivity contribution in [2.75, 3.05) is 25.1 Å². The Morgan fingerprint density at radius 2 is 1.95 bits per heavy atom. The van der Waals surface area contributed by atoms with E-state index in [-0.39, 0.29) is 38.1 Å². The lowest BCUT2D eigenvalue weighted by Gasteiger charge is -2.33. The van der Waals surface area contributed by atoms with Gasteiger partial charge in [0.05, 0.1) is 49.7 Å². The van der Waals surface area contributed by atoms with Crippen molar-refractivity contribution in [1.82, 2.24) is 24.6 Å². The Morgan fingerprint density at radius 3 is 2.63 bits per heavy atom. The van der Waals surface area contributed by atoms with Crippen molar-refractivity contribution in [1.29, 1.82) is 0 Å². The maximum atomic E-state index is 13.2. The fourth-order valence-corrected chi connectivity index (χ4v) is 4.46. The Hall–Kier alpha value is -3.62. The number of H-pyrrole nitrogens is 1. The zero-order chi connectivity index (χ0) is 27.8. The number of halogens is 6. The minimum absolute atomic E-state index is 0.00347. The third kappa shape index (κ3) is 5.76. The summed E-state index contributed by atoms with van der Waals surface area (Å²) in [7, 11) is 0. The average Bonchev–Trinajstić information content (AvgIpc) is 3.18. The maximum absolute atomic E-state index is 13.2. The van der Waals surface area contributed by atoms with Gasteiger partial charge in [0, 0.05) is 29.9 Å². The van der Waals surface area contributed by atoms with E-state index in [1.807, 2.05) is 11.5 Å². The normalized spacial score (nSPS) is 16.9. The summed E-state index contributed by atoms with van der Waals surface area (Å²) in [6.45, 7) is 3.85. The van der Waals surface area contributed by atoms with E-state index in [2.05, 4.69) is 15.4 Å². The molecule has 0 unspecified atom stereocenters.